The van der Waals surface area contributed by atoms with E-state index in [4.69, 9.17) is 4.74 Å². The van der Waals surface area contributed by atoms with Crippen LogP contribution in [0.1, 0.15) is 32.6 Å². The molecule has 0 aromatic heterocycles. The Bertz CT molecular complexity index is 301. The van der Waals surface area contributed by atoms with Crippen LogP contribution in [0.4, 0.5) is 0 Å². The first kappa shape index (κ1) is 12.6. The van der Waals surface area contributed by atoms with E-state index in [0.29, 0.717) is 25.7 Å². The van der Waals surface area contributed by atoms with Gasteiger partial charge in [0, 0.05) is 12.5 Å². The molecule has 0 aliphatic heterocycles. The van der Waals surface area contributed by atoms with E-state index in [-0.39, 0.29) is 11.8 Å². The van der Waals surface area contributed by atoms with Gasteiger partial charge >= 0.3 is 0 Å². The first-order valence-electron chi connectivity index (χ1n) is 6.66. The molecule has 17 heavy (non-hydrogen) atoms. The van der Waals surface area contributed by atoms with Crippen LogP contribution in [0.5, 0.6) is 0 Å². The molecular formula is C14H23NO2. The molecule has 2 aliphatic rings. The van der Waals surface area contributed by atoms with E-state index in [1.165, 1.54) is 19.3 Å². The van der Waals surface area contributed by atoms with E-state index in [9.17, 15) is 4.79 Å². The zero-order chi connectivity index (χ0) is 12.3. The largest absolute Gasteiger partial charge is 0.375 e. The number of hydrogen-bond donors (Lipinski definition) is 1. The molecule has 1 N–H and O–H groups in total. The molecule has 2 rings (SSSR count). The summed E-state index contributed by atoms with van der Waals surface area (Å²) in [6.07, 6.45) is 5.00. The van der Waals surface area contributed by atoms with Crippen molar-refractivity contribution in [2.75, 3.05) is 19.8 Å². The number of amides is 1. The predicted octanol–water partition coefficient (Wildman–Crippen LogP) is 2.13. The molecule has 2 fully saturated rings. The number of nitrogens with one attached hydrogen (secondary N) is 1. The third kappa shape index (κ3) is 3.32. The van der Waals surface area contributed by atoms with E-state index in [0.717, 1.165) is 17.9 Å². The van der Waals surface area contributed by atoms with Crippen LogP contribution in [0.2, 0.25) is 0 Å². The lowest BCUT2D eigenvalue weighted by Crippen LogP contribution is -2.35. The topological polar surface area (TPSA) is 38.3 Å². The normalized spacial score (nSPS) is 30.5. The van der Waals surface area contributed by atoms with Crippen LogP contribution in [0, 0.1) is 17.8 Å². The zero-order valence-electron chi connectivity index (χ0n) is 10.7. The lowest BCUT2D eigenvalue weighted by atomic mass is 9.88. The molecule has 2 aliphatic carbocycles. The van der Waals surface area contributed by atoms with Gasteiger partial charge in [0.05, 0.1) is 13.2 Å². The minimum Gasteiger partial charge on any atom is -0.375 e. The van der Waals surface area contributed by atoms with Gasteiger partial charge in [-0.2, -0.15) is 0 Å². The zero-order valence-corrected chi connectivity index (χ0v) is 10.7. The van der Waals surface area contributed by atoms with Gasteiger partial charge in [0.1, 0.15) is 0 Å². The van der Waals surface area contributed by atoms with Gasteiger partial charge in [0.25, 0.3) is 0 Å². The molecule has 3 unspecified atom stereocenters. The molecule has 1 amide bonds. The number of carbonyl (C=O) groups is 1. The fourth-order valence-corrected chi connectivity index (χ4v) is 3.19. The van der Waals surface area contributed by atoms with Crippen molar-refractivity contribution >= 4 is 5.91 Å². The molecule has 96 valence electrons. The summed E-state index contributed by atoms with van der Waals surface area (Å²) >= 11 is 0. The second-order valence-corrected chi connectivity index (χ2v) is 5.58. The molecule has 2 bridgehead atoms. The van der Waals surface area contributed by atoms with Crippen molar-refractivity contribution in [3.8, 4) is 0 Å². The Morgan fingerprint density at radius 3 is 2.82 bits per heavy atom. The Balaban J connectivity index is 1.60. The Morgan fingerprint density at radius 2 is 2.24 bits per heavy atom. The third-order valence-electron chi connectivity index (χ3n) is 3.97. The lowest BCUT2D eigenvalue weighted by Gasteiger charge is -2.20. The molecule has 0 aromatic carbocycles. The van der Waals surface area contributed by atoms with Crippen molar-refractivity contribution in [1.82, 2.24) is 5.32 Å². The van der Waals surface area contributed by atoms with Gasteiger partial charge in [-0.15, -0.1) is 0 Å². The van der Waals surface area contributed by atoms with Crippen LogP contribution in [-0.4, -0.2) is 25.7 Å². The van der Waals surface area contributed by atoms with E-state index in [1.54, 1.807) is 0 Å². The van der Waals surface area contributed by atoms with Gasteiger partial charge in [-0.25, -0.2) is 0 Å². The molecular weight excluding hydrogens is 214 g/mol. The summed E-state index contributed by atoms with van der Waals surface area (Å²) in [4.78, 5) is 11.9. The molecule has 2 saturated carbocycles. The van der Waals surface area contributed by atoms with E-state index in [1.807, 2.05) is 6.92 Å². The fraction of sp³-hybridized carbons (Fsp3) is 0.786. The molecule has 0 aromatic rings. The van der Waals surface area contributed by atoms with Gasteiger partial charge < -0.3 is 10.1 Å². The van der Waals surface area contributed by atoms with Crippen molar-refractivity contribution in [2.45, 2.75) is 32.6 Å². The number of carbonyl (C=O) groups excluding carboxylic acids is 1. The van der Waals surface area contributed by atoms with Crippen molar-refractivity contribution < 1.29 is 9.53 Å². The molecule has 3 heteroatoms. The second kappa shape index (κ2) is 5.67. The highest BCUT2D eigenvalue weighted by atomic mass is 16.5. The number of rotatable bonds is 6. The average molecular weight is 237 g/mol. The van der Waals surface area contributed by atoms with Crippen molar-refractivity contribution in [1.29, 1.82) is 0 Å². The fourth-order valence-electron chi connectivity index (χ4n) is 3.19. The highest BCUT2D eigenvalue weighted by molar-refractivity contribution is 5.79. The van der Waals surface area contributed by atoms with Gasteiger partial charge in [0.2, 0.25) is 5.91 Å². The number of hydrogen-bond acceptors (Lipinski definition) is 2. The van der Waals surface area contributed by atoms with Gasteiger partial charge in [0.15, 0.2) is 0 Å². The molecule has 3 atom stereocenters. The monoisotopic (exact) mass is 237 g/mol. The Morgan fingerprint density at radius 1 is 1.41 bits per heavy atom. The SMILES string of the molecule is C=C(C)COCCNC(=O)C1CC2CCC1C2. The average Bonchev–Trinajstić information content (AvgIpc) is 2.89. The van der Waals surface area contributed by atoms with Crippen LogP contribution in [0.15, 0.2) is 12.2 Å². The van der Waals surface area contributed by atoms with Crippen molar-refractivity contribution in [3.05, 3.63) is 12.2 Å². The summed E-state index contributed by atoms with van der Waals surface area (Å²) in [7, 11) is 0. The number of fused-ring (bicyclic) bond motifs is 2. The maximum Gasteiger partial charge on any atom is 0.223 e. The van der Waals surface area contributed by atoms with Crippen molar-refractivity contribution in [2.24, 2.45) is 17.8 Å². The van der Waals surface area contributed by atoms with Gasteiger partial charge in [-0.05, 0) is 38.0 Å². The summed E-state index contributed by atoms with van der Waals surface area (Å²) in [5.41, 5.74) is 1.02. The molecule has 0 radical (unpaired) electrons. The van der Waals surface area contributed by atoms with Crippen LogP contribution in [0.25, 0.3) is 0 Å². The summed E-state index contributed by atoms with van der Waals surface area (Å²) in [6, 6.07) is 0. The van der Waals surface area contributed by atoms with Crippen LogP contribution < -0.4 is 5.32 Å². The summed E-state index contributed by atoms with van der Waals surface area (Å²) in [6.45, 7) is 7.50. The minimum atomic E-state index is 0.246. The Labute approximate surface area is 104 Å². The summed E-state index contributed by atoms with van der Waals surface area (Å²) in [5.74, 6) is 2.03. The molecule has 3 nitrogen and oxygen atoms in total. The summed E-state index contributed by atoms with van der Waals surface area (Å²) in [5, 5.41) is 2.99. The maximum atomic E-state index is 11.9. The first-order valence-corrected chi connectivity index (χ1v) is 6.66. The molecule has 0 saturated heterocycles. The second-order valence-electron chi connectivity index (χ2n) is 5.58. The smallest absolute Gasteiger partial charge is 0.223 e. The minimum absolute atomic E-state index is 0.246. The molecule has 0 heterocycles. The van der Waals surface area contributed by atoms with E-state index >= 15 is 0 Å². The lowest BCUT2D eigenvalue weighted by molar-refractivity contribution is -0.126. The van der Waals surface area contributed by atoms with Gasteiger partial charge in [-0.3, -0.25) is 4.79 Å². The highest BCUT2D eigenvalue weighted by Crippen LogP contribution is 2.48. The first-order chi connectivity index (χ1) is 8.16. The third-order valence-corrected chi connectivity index (χ3v) is 3.97. The maximum absolute atomic E-state index is 11.9. The van der Waals surface area contributed by atoms with Crippen LogP contribution in [-0.2, 0) is 9.53 Å². The van der Waals surface area contributed by atoms with E-state index < -0.39 is 0 Å². The Hall–Kier alpha value is -0.830. The van der Waals surface area contributed by atoms with Gasteiger partial charge in [-0.1, -0.05) is 18.6 Å². The summed E-state index contributed by atoms with van der Waals surface area (Å²) < 4.78 is 5.36. The standard InChI is InChI=1S/C14H23NO2/c1-10(2)9-17-6-5-15-14(16)13-8-11-3-4-12(13)7-11/h11-13H,1,3-9H2,2H3,(H,15,16). The quantitative estimate of drug-likeness (QED) is 0.567. The van der Waals surface area contributed by atoms with Crippen LogP contribution >= 0.6 is 0 Å². The van der Waals surface area contributed by atoms with Crippen molar-refractivity contribution in [3.63, 3.8) is 0 Å². The predicted molar refractivity (Wildman–Crippen MR) is 67.6 cm³/mol. The highest BCUT2D eigenvalue weighted by Gasteiger charge is 2.42. The number of ether oxygens (including phenoxy) is 1. The molecule has 0 spiro atoms. The Kier molecular flexibility index (Phi) is 4.21. The van der Waals surface area contributed by atoms with Crippen LogP contribution in [0.3, 0.4) is 0 Å². The van der Waals surface area contributed by atoms with E-state index in [2.05, 4.69) is 11.9 Å².